The number of carbonyl (C=O) groups is 1. The van der Waals surface area contributed by atoms with E-state index in [1.54, 1.807) is 11.8 Å². The Morgan fingerprint density at radius 1 is 1.44 bits per heavy atom. The molecule has 2 unspecified atom stereocenters. The normalized spacial score (nSPS) is 24.0. The van der Waals surface area contributed by atoms with Crippen LogP contribution in [0.4, 0.5) is 0 Å². The van der Waals surface area contributed by atoms with E-state index < -0.39 is 0 Å². The van der Waals surface area contributed by atoms with Crippen LogP contribution in [-0.4, -0.2) is 35.0 Å². The van der Waals surface area contributed by atoms with Crippen LogP contribution in [0.15, 0.2) is 35.2 Å². The van der Waals surface area contributed by atoms with E-state index in [-0.39, 0.29) is 11.3 Å². The van der Waals surface area contributed by atoms with E-state index >= 15 is 0 Å². The molecule has 2 atom stereocenters. The number of hydrogen-bond donors (Lipinski definition) is 0. The van der Waals surface area contributed by atoms with Crippen molar-refractivity contribution in [1.82, 2.24) is 4.90 Å². The topological polar surface area (TPSA) is 20.3 Å². The Hall–Kier alpha value is -0.670. The average molecular weight is 284 g/mol. The lowest BCUT2D eigenvalue weighted by Gasteiger charge is -2.33. The van der Waals surface area contributed by atoms with Crippen molar-refractivity contribution in [2.45, 2.75) is 23.6 Å². The number of amides is 1. The fraction of sp³-hybridized carbons (Fsp3) is 0.500. The summed E-state index contributed by atoms with van der Waals surface area (Å²) in [6, 6.07) is 10.0. The van der Waals surface area contributed by atoms with E-state index in [0.29, 0.717) is 18.2 Å². The number of nitrogens with zero attached hydrogens (tertiary/aromatic N) is 1. The molecule has 0 bridgehead atoms. The number of hydrogen-bond acceptors (Lipinski definition) is 2. The minimum atomic E-state index is 0.101. The molecule has 0 aliphatic carbocycles. The molecule has 2 nitrogen and oxygen atoms in total. The molecule has 1 amide bonds. The highest BCUT2D eigenvalue weighted by atomic mass is 35.5. The Bertz CT molecular complexity index is 398. The number of likely N-dealkylation sites (tertiary alicyclic amines) is 1. The number of rotatable bonds is 3. The second kappa shape index (κ2) is 6.48. The molecule has 4 heteroatoms. The largest absolute Gasteiger partial charge is 0.340 e. The van der Waals surface area contributed by atoms with E-state index in [4.69, 9.17) is 11.6 Å². The fourth-order valence-electron chi connectivity index (χ4n) is 2.00. The van der Waals surface area contributed by atoms with Gasteiger partial charge in [0.1, 0.15) is 0 Å². The van der Waals surface area contributed by atoms with Gasteiger partial charge in [0.25, 0.3) is 0 Å². The van der Waals surface area contributed by atoms with Gasteiger partial charge in [-0.3, -0.25) is 4.79 Å². The maximum atomic E-state index is 12.1. The Balaban J connectivity index is 1.82. The number of carbonyl (C=O) groups excluding carboxylic acids is 1. The maximum absolute atomic E-state index is 12.1. The molecule has 1 fully saturated rings. The van der Waals surface area contributed by atoms with E-state index in [1.807, 2.05) is 35.2 Å². The molecule has 18 heavy (non-hydrogen) atoms. The Kier molecular flexibility index (Phi) is 4.95. The minimum absolute atomic E-state index is 0.101. The highest BCUT2D eigenvalue weighted by Gasteiger charge is 2.27. The second-order valence-electron chi connectivity index (χ2n) is 4.72. The van der Waals surface area contributed by atoms with Crippen molar-refractivity contribution in [2.24, 2.45) is 5.92 Å². The van der Waals surface area contributed by atoms with Crippen molar-refractivity contribution in [2.75, 3.05) is 18.8 Å². The van der Waals surface area contributed by atoms with Gasteiger partial charge in [0, 0.05) is 18.0 Å². The summed E-state index contributed by atoms with van der Waals surface area (Å²) in [5.74, 6) is 1.21. The van der Waals surface area contributed by atoms with Crippen LogP contribution >= 0.6 is 23.4 Å². The number of piperidine rings is 1. The first-order valence-electron chi connectivity index (χ1n) is 6.26. The first kappa shape index (κ1) is 13.8. The number of benzene rings is 1. The Labute approximate surface area is 118 Å². The van der Waals surface area contributed by atoms with Crippen LogP contribution in [0.5, 0.6) is 0 Å². The van der Waals surface area contributed by atoms with Gasteiger partial charge < -0.3 is 4.90 Å². The molecule has 0 saturated carbocycles. The van der Waals surface area contributed by atoms with Gasteiger partial charge in [-0.05, 0) is 24.5 Å². The molecule has 1 aliphatic rings. The maximum Gasteiger partial charge on any atom is 0.232 e. The van der Waals surface area contributed by atoms with Gasteiger partial charge in [-0.2, -0.15) is 0 Å². The van der Waals surface area contributed by atoms with Crippen LogP contribution in [-0.2, 0) is 4.79 Å². The van der Waals surface area contributed by atoms with Crippen molar-refractivity contribution < 1.29 is 4.79 Å². The third-order valence-corrected chi connectivity index (χ3v) is 4.89. The predicted octanol–water partition coefficient (Wildman–Crippen LogP) is 3.25. The standard InChI is InChI=1S/C14H18ClNOS/c1-11-7-8-16(9-13(11)15)14(17)10-18-12-5-3-2-4-6-12/h2-6,11,13H,7-10H2,1H3. The molecular weight excluding hydrogens is 266 g/mol. The second-order valence-corrected chi connectivity index (χ2v) is 6.33. The highest BCUT2D eigenvalue weighted by molar-refractivity contribution is 8.00. The summed E-state index contributed by atoms with van der Waals surface area (Å²) < 4.78 is 0. The third kappa shape index (κ3) is 3.66. The van der Waals surface area contributed by atoms with Crippen molar-refractivity contribution in [3.8, 4) is 0 Å². The molecule has 1 aromatic carbocycles. The fourth-order valence-corrected chi connectivity index (χ4v) is 3.12. The van der Waals surface area contributed by atoms with Crippen LogP contribution in [0.2, 0.25) is 0 Å². The Morgan fingerprint density at radius 2 is 2.17 bits per heavy atom. The summed E-state index contributed by atoms with van der Waals surface area (Å²) in [5.41, 5.74) is 0. The summed E-state index contributed by atoms with van der Waals surface area (Å²) in [5, 5.41) is 0.101. The number of thioether (sulfide) groups is 1. The van der Waals surface area contributed by atoms with Crippen molar-refractivity contribution in [1.29, 1.82) is 0 Å². The monoisotopic (exact) mass is 283 g/mol. The lowest BCUT2D eigenvalue weighted by atomic mass is 9.99. The molecule has 1 heterocycles. The predicted molar refractivity (Wildman–Crippen MR) is 77.2 cm³/mol. The van der Waals surface area contributed by atoms with Gasteiger partial charge in [0.2, 0.25) is 5.91 Å². The van der Waals surface area contributed by atoms with Crippen LogP contribution in [0.3, 0.4) is 0 Å². The van der Waals surface area contributed by atoms with E-state index in [0.717, 1.165) is 17.9 Å². The molecule has 0 radical (unpaired) electrons. The van der Waals surface area contributed by atoms with Gasteiger partial charge in [-0.25, -0.2) is 0 Å². The van der Waals surface area contributed by atoms with Gasteiger partial charge in [0.15, 0.2) is 0 Å². The zero-order valence-corrected chi connectivity index (χ0v) is 12.1. The number of halogens is 1. The van der Waals surface area contributed by atoms with E-state index in [1.165, 1.54) is 0 Å². The number of alkyl halides is 1. The molecule has 98 valence electrons. The first-order valence-corrected chi connectivity index (χ1v) is 7.68. The van der Waals surface area contributed by atoms with Crippen LogP contribution in [0.1, 0.15) is 13.3 Å². The quantitative estimate of drug-likeness (QED) is 0.627. The molecule has 0 spiro atoms. The lowest BCUT2D eigenvalue weighted by Crippen LogP contribution is -2.44. The highest BCUT2D eigenvalue weighted by Crippen LogP contribution is 2.23. The molecule has 2 rings (SSSR count). The zero-order valence-electron chi connectivity index (χ0n) is 10.5. The van der Waals surface area contributed by atoms with Crippen molar-refractivity contribution in [3.05, 3.63) is 30.3 Å². The summed E-state index contributed by atoms with van der Waals surface area (Å²) in [6.07, 6.45) is 1.01. The molecule has 1 aliphatic heterocycles. The minimum Gasteiger partial charge on any atom is -0.340 e. The first-order chi connectivity index (χ1) is 8.66. The van der Waals surface area contributed by atoms with Crippen molar-refractivity contribution >= 4 is 29.3 Å². The average Bonchev–Trinajstić information content (AvgIpc) is 2.40. The summed E-state index contributed by atoms with van der Waals surface area (Å²) >= 11 is 7.81. The van der Waals surface area contributed by atoms with Crippen molar-refractivity contribution in [3.63, 3.8) is 0 Å². The molecule has 1 saturated heterocycles. The van der Waals surface area contributed by atoms with E-state index in [2.05, 4.69) is 6.92 Å². The summed E-state index contributed by atoms with van der Waals surface area (Å²) in [7, 11) is 0. The van der Waals surface area contributed by atoms with Gasteiger partial charge >= 0.3 is 0 Å². The van der Waals surface area contributed by atoms with Gasteiger partial charge in [-0.15, -0.1) is 23.4 Å². The zero-order chi connectivity index (χ0) is 13.0. The van der Waals surface area contributed by atoms with Gasteiger partial charge in [-0.1, -0.05) is 25.1 Å². The molecule has 0 N–H and O–H groups in total. The van der Waals surface area contributed by atoms with E-state index in [9.17, 15) is 4.79 Å². The summed E-state index contributed by atoms with van der Waals surface area (Å²) in [6.45, 7) is 3.69. The third-order valence-electron chi connectivity index (χ3n) is 3.32. The molecule has 1 aromatic rings. The van der Waals surface area contributed by atoms with Crippen LogP contribution in [0.25, 0.3) is 0 Å². The Morgan fingerprint density at radius 3 is 2.83 bits per heavy atom. The molecule has 0 aromatic heterocycles. The lowest BCUT2D eigenvalue weighted by molar-refractivity contribution is -0.129. The van der Waals surface area contributed by atoms with Crippen LogP contribution in [0, 0.1) is 5.92 Å². The summed E-state index contributed by atoms with van der Waals surface area (Å²) in [4.78, 5) is 15.1. The SMILES string of the molecule is CC1CCN(C(=O)CSc2ccccc2)CC1Cl. The smallest absolute Gasteiger partial charge is 0.232 e. The van der Waals surface area contributed by atoms with Gasteiger partial charge in [0.05, 0.1) is 11.1 Å². The van der Waals surface area contributed by atoms with Crippen LogP contribution < -0.4 is 0 Å². The molecular formula is C14H18ClNOS.